The highest BCUT2D eigenvalue weighted by atomic mass is 35.5. The van der Waals surface area contributed by atoms with E-state index in [1.807, 2.05) is 37.3 Å². The Morgan fingerprint density at radius 3 is 2.82 bits per heavy atom. The smallest absolute Gasteiger partial charge is 0.173 e. The van der Waals surface area contributed by atoms with Gasteiger partial charge in [0.1, 0.15) is 0 Å². The van der Waals surface area contributed by atoms with Crippen molar-refractivity contribution < 1.29 is 0 Å². The molecule has 0 fully saturated rings. The number of fused-ring (bicyclic) bond motifs is 1. The number of benzene rings is 2. The van der Waals surface area contributed by atoms with Gasteiger partial charge in [-0.3, -0.25) is 0 Å². The second-order valence-corrected chi connectivity index (χ2v) is 6.41. The van der Waals surface area contributed by atoms with E-state index < -0.39 is 0 Å². The molecule has 3 nitrogen and oxygen atoms in total. The summed E-state index contributed by atoms with van der Waals surface area (Å²) >= 11 is 11.6. The Kier molecular flexibility index (Phi) is 4.23. The summed E-state index contributed by atoms with van der Waals surface area (Å²) < 4.78 is 0. The Morgan fingerprint density at radius 2 is 2.05 bits per heavy atom. The molecule has 1 aliphatic heterocycles. The van der Waals surface area contributed by atoms with Gasteiger partial charge in [0.05, 0.1) is 0 Å². The summed E-state index contributed by atoms with van der Waals surface area (Å²) in [6.45, 7) is 3.72. The van der Waals surface area contributed by atoms with E-state index in [-0.39, 0.29) is 0 Å². The summed E-state index contributed by atoms with van der Waals surface area (Å²) in [5.74, 6) is 0. The molecule has 1 aliphatic rings. The van der Waals surface area contributed by atoms with Crippen LogP contribution in [0.4, 0.5) is 11.4 Å². The van der Waals surface area contributed by atoms with Crippen molar-refractivity contribution in [3.05, 3.63) is 58.1 Å². The molecular weight excluding hydrogens is 314 g/mol. The SMILES string of the molecule is Cc1cc(Cl)ccc1NC(=S)N1CCc2ccc(N)cc2C1. The van der Waals surface area contributed by atoms with Gasteiger partial charge in [0.25, 0.3) is 0 Å². The summed E-state index contributed by atoms with van der Waals surface area (Å²) in [6, 6.07) is 11.9. The van der Waals surface area contributed by atoms with Gasteiger partial charge in [-0.15, -0.1) is 0 Å². The highest BCUT2D eigenvalue weighted by Crippen LogP contribution is 2.24. The third-order valence-electron chi connectivity index (χ3n) is 3.96. The van der Waals surface area contributed by atoms with Crippen molar-refractivity contribution in [2.75, 3.05) is 17.6 Å². The maximum atomic E-state index is 5.99. The number of hydrogen-bond acceptors (Lipinski definition) is 2. The fourth-order valence-electron chi connectivity index (χ4n) is 2.71. The van der Waals surface area contributed by atoms with Crippen LogP contribution in [-0.2, 0) is 13.0 Å². The first-order valence-electron chi connectivity index (χ1n) is 7.22. The number of aryl methyl sites for hydroxylation is 1. The number of nitrogens with one attached hydrogen (secondary N) is 1. The molecule has 2 aromatic carbocycles. The molecular formula is C17H18ClN3S. The molecule has 2 aromatic rings. The van der Waals surface area contributed by atoms with Crippen LogP contribution in [0.1, 0.15) is 16.7 Å². The van der Waals surface area contributed by atoms with Gasteiger partial charge in [-0.1, -0.05) is 17.7 Å². The molecule has 114 valence electrons. The van der Waals surface area contributed by atoms with Gasteiger partial charge in [0.15, 0.2) is 5.11 Å². The lowest BCUT2D eigenvalue weighted by atomic mass is 9.99. The number of hydrogen-bond donors (Lipinski definition) is 2. The van der Waals surface area contributed by atoms with Crippen molar-refractivity contribution in [3.63, 3.8) is 0 Å². The van der Waals surface area contributed by atoms with Crippen molar-refractivity contribution in [1.29, 1.82) is 0 Å². The monoisotopic (exact) mass is 331 g/mol. The van der Waals surface area contributed by atoms with E-state index in [1.165, 1.54) is 11.1 Å². The number of thiocarbonyl (C=S) groups is 1. The molecule has 3 rings (SSSR count). The number of nitrogens with zero attached hydrogens (tertiary/aromatic N) is 1. The highest BCUT2D eigenvalue weighted by molar-refractivity contribution is 7.80. The third-order valence-corrected chi connectivity index (χ3v) is 4.56. The van der Waals surface area contributed by atoms with Crippen LogP contribution in [0.15, 0.2) is 36.4 Å². The van der Waals surface area contributed by atoms with Crippen molar-refractivity contribution >= 4 is 40.3 Å². The number of anilines is 2. The summed E-state index contributed by atoms with van der Waals surface area (Å²) in [6.07, 6.45) is 0.983. The minimum absolute atomic E-state index is 0.733. The summed E-state index contributed by atoms with van der Waals surface area (Å²) in [7, 11) is 0. The Labute approximate surface area is 141 Å². The quantitative estimate of drug-likeness (QED) is 0.612. The van der Waals surface area contributed by atoms with Crippen LogP contribution in [0, 0.1) is 6.92 Å². The summed E-state index contributed by atoms with van der Waals surface area (Å²) in [5, 5.41) is 4.79. The molecule has 0 atom stereocenters. The van der Waals surface area contributed by atoms with Crippen molar-refractivity contribution in [2.45, 2.75) is 19.9 Å². The average Bonchev–Trinajstić information content (AvgIpc) is 2.49. The van der Waals surface area contributed by atoms with Gasteiger partial charge in [-0.25, -0.2) is 0 Å². The average molecular weight is 332 g/mol. The van der Waals surface area contributed by atoms with Crippen LogP contribution in [-0.4, -0.2) is 16.6 Å². The second-order valence-electron chi connectivity index (χ2n) is 5.59. The number of nitrogen functional groups attached to an aromatic ring is 1. The van der Waals surface area contributed by atoms with Crippen LogP contribution in [0.25, 0.3) is 0 Å². The van der Waals surface area contributed by atoms with Crippen LogP contribution in [0.3, 0.4) is 0 Å². The molecule has 0 saturated carbocycles. The van der Waals surface area contributed by atoms with E-state index in [2.05, 4.69) is 16.3 Å². The lowest BCUT2D eigenvalue weighted by Crippen LogP contribution is -2.38. The fraction of sp³-hybridized carbons (Fsp3) is 0.235. The molecule has 0 unspecified atom stereocenters. The molecule has 0 aliphatic carbocycles. The Hall–Kier alpha value is -1.78. The molecule has 0 spiro atoms. The lowest BCUT2D eigenvalue weighted by molar-refractivity contribution is 0.400. The Morgan fingerprint density at radius 1 is 1.23 bits per heavy atom. The van der Waals surface area contributed by atoms with E-state index >= 15 is 0 Å². The van der Waals surface area contributed by atoms with Crippen LogP contribution >= 0.6 is 23.8 Å². The fourth-order valence-corrected chi connectivity index (χ4v) is 3.20. The van der Waals surface area contributed by atoms with Crippen molar-refractivity contribution in [2.24, 2.45) is 0 Å². The zero-order chi connectivity index (χ0) is 15.7. The molecule has 1 heterocycles. The Bertz CT molecular complexity index is 730. The predicted octanol–water partition coefficient (Wildman–Crippen LogP) is 3.99. The number of nitrogens with two attached hydrogens (primary N) is 1. The first kappa shape index (κ1) is 15.1. The van der Waals surface area contributed by atoms with E-state index in [9.17, 15) is 0 Å². The standard InChI is InChI=1S/C17H18ClN3S/c1-11-8-14(18)3-5-16(11)20-17(22)21-7-6-12-2-4-15(19)9-13(12)10-21/h2-5,8-9H,6-7,10,19H2,1H3,(H,20,22). The van der Waals surface area contributed by atoms with E-state index in [0.717, 1.165) is 46.6 Å². The Balaban J connectivity index is 1.74. The van der Waals surface area contributed by atoms with E-state index in [4.69, 9.17) is 29.6 Å². The van der Waals surface area contributed by atoms with Crippen molar-refractivity contribution in [3.8, 4) is 0 Å². The minimum atomic E-state index is 0.733. The van der Waals surface area contributed by atoms with E-state index in [1.54, 1.807) is 0 Å². The molecule has 0 aromatic heterocycles. The highest BCUT2D eigenvalue weighted by Gasteiger charge is 2.18. The van der Waals surface area contributed by atoms with Crippen LogP contribution in [0.5, 0.6) is 0 Å². The summed E-state index contributed by atoms with van der Waals surface area (Å²) in [4.78, 5) is 2.17. The maximum Gasteiger partial charge on any atom is 0.173 e. The number of halogens is 1. The minimum Gasteiger partial charge on any atom is -0.399 e. The topological polar surface area (TPSA) is 41.3 Å². The van der Waals surface area contributed by atoms with Gasteiger partial charge in [0, 0.05) is 29.5 Å². The molecule has 0 saturated heterocycles. The van der Waals surface area contributed by atoms with Crippen LogP contribution < -0.4 is 11.1 Å². The lowest BCUT2D eigenvalue weighted by Gasteiger charge is -2.31. The largest absolute Gasteiger partial charge is 0.399 e. The molecule has 0 bridgehead atoms. The van der Waals surface area contributed by atoms with Gasteiger partial charge in [-0.05, 0) is 72.6 Å². The first-order valence-corrected chi connectivity index (χ1v) is 8.01. The van der Waals surface area contributed by atoms with Crippen LogP contribution in [0.2, 0.25) is 5.02 Å². The zero-order valence-electron chi connectivity index (χ0n) is 12.4. The summed E-state index contributed by atoms with van der Waals surface area (Å²) in [5.41, 5.74) is 11.4. The maximum absolute atomic E-state index is 5.99. The molecule has 3 N–H and O–H groups in total. The first-order chi connectivity index (χ1) is 10.5. The van der Waals surface area contributed by atoms with E-state index in [0.29, 0.717) is 0 Å². The predicted molar refractivity (Wildman–Crippen MR) is 97.4 cm³/mol. The molecule has 5 heteroatoms. The molecule has 0 radical (unpaired) electrons. The van der Waals surface area contributed by atoms with Gasteiger partial charge in [0.2, 0.25) is 0 Å². The van der Waals surface area contributed by atoms with Gasteiger partial charge >= 0.3 is 0 Å². The number of rotatable bonds is 1. The normalized spacial score (nSPS) is 13.6. The van der Waals surface area contributed by atoms with Gasteiger partial charge < -0.3 is 16.0 Å². The third kappa shape index (κ3) is 3.18. The molecule has 0 amide bonds. The van der Waals surface area contributed by atoms with Crippen molar-refractivity contribution in [1.82, 2.24) is 4.90 Å². The second kappa shape index (κ2) is 6.15. The van der Waals surface area contributed by atoms with Gasteiger partial charge in [-0.2, -0.15) is 0 Å². The molecule has 22 heavy (non-hydrogen) atoms. The zero-order valence-corrected chi connectivity index (χ0v) is 14.0.